The van der Waals surface area contributed by atoms with Crippen LogP contribution in [-0.4, -0.2) is 30.5 Å². The van der Waals surface area contributed by atoms with Gasteiger partial charge in [0.1, 0.15) is 5.54 Å². The van der Waals surface area contributed by atoms with Crippen molar-refractivity contribution in [3.8, 4) is 12.3 Å². The van der Waals surface area contributed by atoms with E-state index >= 15 is 0 Å². The van der Waals surface area contributed by atoms with Crippen molar-refractivity contribution in [3.63, 3.8) is 0 Å². The summed E-state index contributed by atoms with van der Waals surface area (Å²) in [6.45, 7) is 10.8. The summed E-state index contributed by atoms with van der Waals surface area (Å²) in [6.07, 6.45) is 15.8. The molecule has 0 saturated heterocycles. The number of aliphatic imine (C=N–C) groups is 1. The molecule has 0 fully saturated rings. The highest BCUT2D eigenvalue weighted by Gasteiger charge is 2.53. The number of benzene rings is 3. The Morgan fingerprint density at radius 2 is 1.78 bits per heavy atom. The molecule has 0 bridgehead atoms. The highest BCUT2D eigenvalue weighted by atomic mass is 15.5. The molecule has 2 aliphatic carbocycles. The third-order valence-corrected chi connectivity index (χ3v) is 8.46. The van der Waals surface area contributed by atoms with Crippen LogP contribution in [0.4, 0.5) is 11.4 Å². The Labute approximate surface area is 243 Å². The minimum atomic E-state index is -0.683. The van der Waals surface area contributed by atoms with E-state index in [2.05, 4.69) is 102 Å². The van der Waals surface area contributed by atoms with Crippen LogP contribution in [0.1, 0.15) is 60.1 Å². The molecule has 1 atom stereocenters. The lowest BCUT2D eigenvalue weighted by Gasteiger charge is -2.44. The van der Waals surface area contributed by atoms with Gasteiger partial charge in [-0.1, -0.05) is 55.0 Å². The van der Waals surface area contributed by atoms with Gasteiger partial charge in [0.15, 0.2) is 0 Å². The molecule has 0 saturated carbocycles. The van der Waals surface area contributed by atoms with E-state index in [0.29, 0.717) is 0 Å². The summed E-state index contributed by atoms with van der Waals surface area (Å²) < 4.78 is 0. The molecule has 2 N–H and O–H groups in total. The van der Waals surface area contributed by atoms with E-state index in [4.69, 9.17) is 17.3 Å². The van der Waals surface area contributed by atoms with Crippen molar-refractivity contribution < 1.29 is 0 Å². The first-order valence-corrected chi connectivity index (χ1v) is 14.3. The van der Waals surface area contributed by atoms with Crippen LogP contribution in [0.3, 0.4) is 0 Å². The monoisotopic (exact) mass is 537 g/mol. The summed E-state index contributed by atoms with van der Waals surface area (Å²) in [5, 5.41) is 7.13. The van der Waals surface area contributed by atoms with Crippen LogP contribution in [0.2, 0.25) is 0 Å². The first-order chi connectivity index (χ1) is 20.0. The molecule has 41 heavy (non-hydrogen) atoms. The maximum absolute atomic E-state index is 6.35. The van der Waals surface area contributed by atoms with Crippen molar-refractivity contribution in [2.75, 3.05) is 23.7 Å². The number of hydrogen-bond acceptors (Lipinski definition) is 5. The van der Waals surface area contributed by atoms with Crippen LogP contribution in [0.5, 0.6) is 0 Å². The van der Waals surface area contributed by atoms with Crippen LogP contribution >= 0.6 is 0 Å². The highest BCUT2D eigenvalue weighted by molar-refractivity contribution is 6.16. The molecular formula is C36H35N5. The average molecular weight is 538 g/mol. The molecule has 1 aliphatic heterocycles. The van der Waals surface area contributed by atoms with Gasteiger partial charge in [0.2, 0.25) is 0 Å². The van der Waals surface area contributed by atoms with Gasteiger partial charge in [0, 0.05) is 41.8 Å². The molecule has 6 rings (SSSR count). The van der Waals surface area contributed by atoms with E-state index in [1.54, 1.807) is 12.4 Å². The predicted octanol–water partition coefficient (Wildman–Crippen LogP) is 6.89. The number of allylic oxidation sites excluding steroid dienone is 3. The zero-order valence-electron chi connectivity index (χ0n) is 23.8. The summed E-state index contributed by atoms with van der Waals surface area (Å²) in [6, 6.07) is 21.6. The van der Waals surface area contributed by atoms with Gasteiger partial charge in [-0.05, 0) is 91.3 Å². The van der Waals surface area contributed by atoms with Crippen LogP contribution in [0.15, 0.2) is 101 Å². The van der Waals surface area contributed by atoms with Crippen LogP contribution in [0.25, 0.3) is 5.70 Å². The second-order valence-corrected chi connectivity index (χ2v) is 10.6. The van der Waals surface area contributed by atoms with Crippen LogP contribution in [0, 0.1) is 12.3 Å². The number of hydrogen-bond donors (Lipinski definition) is 1. The fourth-order valence-electron chi connectivity index (χ4n) is 6.59. The van der Waals surface area contributed by atoms with Crippen molar-refractivity contribution in [2.24, 2.45) is 10.1 Å². The van der Waals surface area contributed by atoms with E-state index < -0.39 is 5.54 Å². The molecule has 3 aromatic rings. The number of nitrogens with zero attached hydrogens (tertiary/aromatic N) is 4. The lowest BCUT2D eigenvalue weighted by molar-refractivity contribution is 0.275. The standard InChI is InChI=1S/C36H35N5/c1-5-26-11-10-12-30(21-26)38-19-20-39-41-25(4)32-13-8-9-14-35(32)36(41)33-17-15-29(37)23-27(33)22-28-24-31(16-18-34(28)36)40(6-2)7-3/h1,8-9,12-21,23-24H,4,6-7,10-11,22,37H2,2-3H3/b38-19?,39-20+. The van der Waals surface area contributed by atoms with Crippen molar-refractivity contribution in [1.82, 2.24) is 5.01 Å². The van der Waals surface area contributed by atoms with Crippen LogP contribution in [-0.2, 0) is 12.0 Å². The molecular weight excluding hydrogens is 502 g/mol. The normalized spacial score (nSPS) is 19.1. The smallest absolute Gasteiger partial charge is 0.139 e. The average Bonchev–Trinajstić information content (AvgIpc) is 3.24. The Hall–Kier alpha value is -4.82. The zero-order valence-corrected chi connectivity index (χ0v) is 23.8. The molecule has 204 valence electrons. The fraction of sp³-hybridized carbons (Fsp3) is 0.222. The molecule has 0 aromatic heterocycles. The molecule has 5 heteroatoms. The minimum Gasteiger partial charge on any atom is -0.399 e. The molecule has 1 heterocycles. The van der Waals surface area contributed by atoms with Gasteiger partial charge in [0.25, 0.3) is 0 Å². The highest BCUT2D eigenvalue weighted by Crippen LogP contribution is 2.57. The number of anilines is 2. The Morgan fingerprint density at radius 1 is 1.02 bits per heavy atom. The van der Waals surface area contributed by atoms with Gasteiger partial charge in [-0.15, -0.1) is 6.42 Å². The molecule has 0 amide bonds. The first-order valence-electron chi connectivity index (χ1n) is 14.3. The van der Waals surface area contributed by atoms with Gasteiger partial charge in [-0.3, -0.25) is 4.99 Å². The quantitative estimate of drug-likeness (QED) is 0.212. The molecule has 0 radical (unpaired) electrons. The van der Waals surface area contributed by atoms with Gasteiger partial charge in [-0.2, -0.15) is 5.10 Å². The number of fused-ring (bicyclic) bond motifs is 6. The summed E-state index contributed by atoms with van der Waals surface area (Å²) in [5.74, 6) is 2.75. The Morgan fingerprint density at radius 3 is 2.56 bits per heavy atom. The van der Waals surface area contributed by atoms with E-state index in [1.165, 1.54) is 33.5 Å². The molecule has 5 nitrogen and oxygen atoms in total. The summed E-state index contributed by atoms with van der Waals surface area (Å²) in [5.41, 5.74) is 17.4. The second kappa shape index (κ2) is 10.6. The number of rotatable bonds is 6. The van der Waals surface area contributed by atoms with Crippen molar-refractivity contribution in [2.45, 2.75) is 38.6 Å². The third kappa shape index (κ3) is 4.28. The van der Waals surface area contributed by atoms with Crippen molar-refractivity contribution in [1.29, 1.82) is 0 Å². The second-order valence-electron chi connectivity index (χ2n) is 10.6. The number of terminal acetylenes is 1. The Bertz CT molecular complexity index is 1700. The number of nitrogen functional groups attached to an aromatic ring is 1. The molecule has 1 spiro atoms. The SMILES string of the molecule is C#CC1=CC(N=C/C=N/N2C(=C)c3ccccc3C23c2ccc(N)cc2Cc2cc(N(CC)CC)ccc23)=CCC1. The minimum absolute atomic E-state index is 0.683. The summed E-state index contributed by atoms with van der Waals surface area (Å²) in [7, 11) is 0. The van der Waals surface area contributed by atoms with Crippen molar-refractivity contribution >= 4 is 29.5 Å². The first kappa shape index (κ1) is 26.4. The van der Waals surface area contributed by atoms with E-state index in [9.17, 15) is 0 Å². The van der Waals surface area contributed by atoms with Crippen molar-refractivity contribution in [3.05, 3.63) is 124 Å². The maximum atomic E-state index is 6.35. The predicted molar refractivity (Wildman–Crippen MR) is 172 cm³/mol. The van der Waals surface area contributed by atoms with E-state index in [1.807, 2.05) is 12.1 Å². The number of nitrogens with two attached hydrogens (primary N) is 1. The zero-order chi connectivity index (χ0) is 28.6. The Balaban J connectivity index is 1.53. The third-order valence-electron chi connectivity index (χ3n) is 8.46. The van der Waals surface area contributed by atoms with Gasteiger partial charge in [0.05, 0.1) is 17.6 Å². The fourth-order valence-corrected chi connectivity index (χ4v) is 6.59. The maximum Gasteiger partial charge on any atom is 0.139 e. The molecule has 3 aromatic carbocycles. The largest absolute Gasteiger partial charge is 0.399 e. The molecule has 1 unspecified atom stereocenters. The van der Waals surface area contributed by atoms with E-state index in [0.717, 1.165) is 60.6 Å². The lowest BCUT2D eigenvalue weighted by Crippen LogP contribution is -2.43. The topological polar surface area (TPSA) is 57.2 Å². The van der Waals surface area contributed by atoms with Gasteiger partial charge in [-0.25, -0.2) is 5.01 Å². The summed E-state index contributed by atoms with van der Waals surface area (Å²) in [4.78, 5) is 7.02. The van der Waals surface area contributed by atoms with Gasteiger partial charge < -0.3 is 10.6 Å². The Kier molecular flexibility index (Phi) is 6.85. The van der Waals surface area contributed by atoms with E-state index in [-0.39, 0.29) is 0 Å². The molecule has 3 aliphatic rings. The van der Waals surface area contributed by atoms with Gasteiger partial charge >= 0.3 is 0 Å². The number of hydrazone groups is 1. The lowest BCUT2D eigenvalue weighted by atomic mass is 9.69. The summed E-state index contributed by atoms with van der Waals surface area (Å²) >= 11 is 0. The van der Waals surface area contributed by atoms with Crippen LogP contribution < -0.4 is 10.6 Å².